The molecule has 3 rings (SSSR count). The van der Waals surface area contributed by atoms with Crippen molar-refractivity contribution < 1.29 is 13.2 Å². The fraction of sp³-hybridized carbons (Fsp3) is 0.357. The van der Waals surface area contributed by atoms with Gasteiger partial charge >= 0.3 is 0 Å². The number of halogens is 1. The van der Waals surface area contributed by atoms with Crippen LogP contribution in [-0.2, 0) is 10.0 Å². The molecule has 2 aromatic rings. The van der Waals surface area contributed by atoms with Gasteiger partial charge in [-0.25, -0.2) is 13.4 Å². The van der Waals surface area contributed by atoms with Crippen LogP contribution in [0.5, 0.6) is 5.19 Å². The molecule has 1 saturated heterocycles. The van der Waals surface area contributed by atoms with Crippen LogP contribution in [-0.4, -0.2) is 36.9 Å². The van der Waals surface area contributed by atoms with Crippen molar-refractivity contribution in [2.24, 2.45) is 0 Å². The van der Waals surface area contributed by atoms with E-state index in [0.717, 1.165) is 0 Å². The van der Waals surface area contributed by atoms with Gasteiger partial charge in [0.2, 0.25) is 10.0 Å². The first-order chi connectivity index (χ1) is 10.5. The molecule has 0 amide bonds. The van der Waals surface area contributed by atoms with E-state index in [1.165, 1.54) is 15.6 Å². The van der Waals surface area contributed by atoms with Crippen LogP contribution in [0.25, 0.3) is 0 Å². The molecule has 0 N–H and O–H groups in total. The van der Waals surface area contributed by atoms with Crippen molar-refractivity contribution in [2.45, 2.75) is 24.3 Å². The molecule has 118 valence electrons. The molecule has 0 saturated carbocycles. The summed E-state index contributed by atoms with van der Waals surface area (Å²) in [5.41, 5.74) is 0.577. The molecule has 0 bridgehead atoms. The molecule has 0 aliphatic carbocycles. The predicted octanol–water partition coefficient (Wildman–Crippen LogP) is 2.95. The van der Waals surface area contributed by atoms with E-state index < -0.39 is 10.0 Å². The number of thiazole rings is 1. The molecule has 2 heterocycles. The lowest BCUT2D eigenvalue weighted by Crippen LogP contribution is -2.31. The van der Waals surface area contributed by atoms with Gasteiger partial charge in [0.1, 0.15) is 6.10 Å². The standard InChI is InChI=1S/C14H15ClN2O3S2/c1-10-12(15)3-2-4-13(10)22(18,19)17-7-5-11(9-17)20-14-16-6-8-21-14/h2-4,6,8,11H,5,7,9H2,1H3. The van der Waals surface area contributed by atoms with Crippen molar-refractivity contribution in [1.82, 2.24) is 9.29 Å². The summed E-state index contributed by atoms with van der Waals surface area (Å²) in [4.78, 5) is 4.32. The molecular formula is C14H15ClN2O3S2. The minimum Gasteiger partial charge on any atom is -0.465 e. The summed E-state index contributed by atoms with van der Waals surface area (Å²) in [6.07, 6.45) is 2.15. The Hall–Kier alpha value is -1.15. The monoisotopic (exact) mass is 358 g/mol. The molecule has 1 fully saturated rings. The van der Waals surface area contributed by atoms with E-state index in [1.807, 2.05) is 5.38 Å². The third-order valence-corrected chi connectivity index (χ3v) is 6.70. The van der Waals surface area contributed by atoms with Crippen LogP contribution in [0, 0.1) is 6.92 Å². The van der Waals surface area contributed by atoms with E-state index in [2.05, 4.69) is 4.98 Å². The van der Waals surface area contributed by atoms with Crippen molar-refractivity contribution in [3.05, 3.63) is 40.4 Å². The Bertz CT molecular complexity index is 762. The van der Waals surface area contributed by atoms with Crippen LogP contribution < -0.4 is 4.74 Å². The molecule has 0 spiro atoms. The average Bonchev–Trinajstić information content (AvgIpc) is 3.14. The number of benzene rings is 1. The SMILES string of the molecule is Cc1c(Cl)cccc1S(=O)(=O)N1CCC(Oc2nccs2)C1. The number of nitrogens with zero attached hydrogens (tertiary/aromatic N) is 2. The topological polar surface area (TPSA) is 59.5 Å². The zero-order valence-corrected chi connectivity index (χ0v) is 14.3. The number of sulfonamides is 1. The fourth-order valence-corrected chi connectivity index (χ4v) is 4.95. The smallest absolute Gasteiger partial charge is 0.273 e. The summed E-state index contributed by atoms with van der Waals surface area (Å²) < 4.78 is 32.7. The number of hydrogen-bond acceptors (Lipinski definition) is 5. The Balaban J connectivity index is 1.78. The maximum absolute atomic E-state index is 12.8. The highest BCUT2D eigenvalue weighted by atomic mass is 35.5. The highest BCUT2D eigenvalue weighted by molar-refractivity contribution is 7.89. The molecule has 1 aromatic heterocycles. The number of ether oxygens (including phenoxy) is 1. The zero-order valence-electron chi connectivity index (χ0n) is 11.9. The second kappa shape index (κ2) is 6.16. The first-order valence-electron chi connectivity index (χ1n) is 6.80. The van der Waals surface area contributed by atoms with E-state index in [1.54, 1.807) is 31.3 Å². The normalized spacial score (nSPS) is 19.5. The van der Waals surface area contributed by atoms with Crippen molar-refractivity contribution in [2.75, 3.05) is 13.1 Å². The molecule has 8 heteroatoms. The highest BCUT2D eigenvalue weighted by Crippen LogP contribution is 2.29. The summed E-state index contributed by atoms with van der Waals surface area (Å²) in [6, 6.07) is 4.93. The van der Waals surface area contributed by atoms with Crippen molar-refractivity contribution in [3.8, 4) is 5.19 Å². The summed E-state index contributed by atoms with van der Waals surface area (Å²) >= 11 is 7.44. The minimum atomic E-state index is -3.55. The lowest BCUT2D eigenvalue weighted by atomic mass is 10.2. The quantitative estimate of drug-likeness (QED) is 0.843. The van der Waals surface area contributed by atoms with E-state index in [0.29, 0.717) is 35.3 Å². The van der Waals surface area contributed by atoms with Gasteiger partial charge in [0.05, 0.1) is 11.4 Å². The molecule has 1 atom stereocenters. The Morgan fingerprint density at radius 3 is 3.00 bits per heavy atom. The molecular weight excluding hydrogens is 344 g/mol. The summed E-state index contributed by atoms with van der Waals surface area (Å²) in [7, 11) is -3.55. The van der Waals surface area contributed by atoms with Crippen molar-refractivity contribution >= 4 is 33.0 Å². The van der Waals surface area contributed by atoms with Crippen LogP contribution in [0.1, 0.15) is 12.0 Å². The first-order valence-corrected chi connectivity index (χ1v) is 9.49. The lowest BCUT2D eigenvalue weighted by molar-refractivity contribution is 0.214. The van der Waals surface area contributed by atoms with E-state index in [9.17, 15) is 8.42 Å². The Morgan fingerprint density at radius 2 is 2.27 bits per heavy atom. The maximum Gasteiger partial charge on any atom is 0.273 e. The lowest BCUT2D eigenvalue weighted by Gasteiger charge is -2.18. The Morgan fingerprint density at radius 1 is 1.45 bits per heavy atom. The van der Waals surface area contributed by atoms with Gasteiger partial charge in [-0.05, 0) is 31.0 Å². The van der Waals surface area contributed by atoms with Crippen LogP contribution in [0.15, 0.2) is 34.7 Å². The maximum atomic E-state index is 12.8. The molecule has 1 aromatic carbocycles. The van der Waals surface area contributed by atoms with Gasteiger partial charge in [0, 0.05) is 23.1 Å². The highest BCUT2D eigenvalue weighted by Gasteiger charge is 2.34. The summed E-state index contributed by atoms with van der Waals surface area (Å²) in [5.74, 6) is 0. The Kier molecular flexibility index (Phi) is 4.40. The van der Waals surface area contributed by atoms with Gasteiger partial charge in [-0.3, -0.25) is 0 Å². The van der Waals surface area contributed by atoms with Gasteiger partial charge in [0.25, 0.3) is 5.19 Å². The van der Waals surface area contributed by atoms with Gasteiger partial charge < -0.3 is 4.74 Å². The van der Waals surface area contributed by atoms with Gasteiger partial charge in [0.15, 0.2) is 0 Å². The van der Waals surface area contributed by atoms with Crippen LogP contribution in [0.2, 0.25) is 5.02 Å². The third kappa shape index (κ3) is 2.99. The van der Waals surface area contributed by atoms with Crippen LogP contribution >= 0.6 is 22.9 Å². The van der Waals surface area contributed by atoms with Gasteiger partial charge in [-0.15, -0.1) is 0 Å². The molecule has 1 aliphatic rings. The molecule has 5 nitrogen and oxygen atoms in total. The van der Waals surface area contributed by atoms with Gasteiger partial charge in [-0.1, -0.05) is 29.0 Å². The molecule has 0 radical (unpaired) electrons. The van der Waals surface area contributed by atoms with E-state index in [4.69, 9.17) is 16.3 Å². The average molecular weight is 359 g/mol. The minimum absolute atomic E-state index is 0.166. The summed E-state index contributed by atoms with van der Waals surface area (Å²) in [6.45, 7) is 2.48. The van der Waals surface area contributed by atoms with E-state index >= 15 is 0 Å². The fourth-order valence-electron chi connectivity index (χ4n) is 2.43. The number of hydrogen-bond donors (Lipinski definition) is 0. The second-order valence-corrected chi connectivity index (χ2v) is 8.22. The van der Waals surface area contributed by atoms with Crippen LogP contribution in [0.4, 0.5) is 0 Å². The Labute approximate surface area is 138 Å². The third-order valence-electron chi connectivity index (χ3n) is 3.62. The molecule has 1 unspecified atom stereocenters. The molecule has 22 heavy (non-hydrogen) atoms. The van der Waals surface area contributed by atoms with Gasteiger partial charge in [-0.2, -0.15) is 4.31 Å². The van der Waals surface area contributed by atoms with E-state index in [-0.39, 0.29) is 11.0 Å². The predicted molar refractivity (Wildman–Crippen MR) is 86.1 cm³/mol. The number of aromatic nitrogens is 1. The van der Waals surface area contributed by atoms with Crippen molar-refractivity contribution in [3.63, 3.8) is 0 Å². The first kappa shape index (κ1) is 15.7. The largest absolute Gasteiger partial charge is 0.465 e. The summed E-state index contributed by atoms with van der Waals surface area (Å²) in [5, 5.41) is 2.85. The second-order valence-electron chi connectivity index (χ2n) is 5.05. The zero-order chi connectivity index (χ0) is 15.7. The van der Waals surface area contributed by atoms with Crippen LogP contribution in [0.3, 0.4) is 0 Å². The van der Waals surface area contributed by atoms with Crippen molar-refractivity contribution in [1.29, 1.82) is 0 Å². The molecule has 1 aliphatic heterocycles. The number of rotatable bonds is 4.